The molecule has 0 radical (unpaired) electrons. The molecule has 1 spiro atoms. The molecule has 2 aromatic rings. The van der Waals surface area contributed by atoms with Gasteiger partial charge in [0.15, 0.2) is 0 Å². The fourth-order valence-corrected chi connectivity index (χ4v) is 6.86. The van der Waals surface area contributed by atoms with E-state index in [4.69, 9.17) is 4.74 Å². The minimum Gasteiger partial charge on any atom is -0.381 e. The molecule has 32 heavy (non-hydrogen) atoms. The first-order chi connectivity index (χ1) is 15.6. The van der Waals surface area contributed by atoms with Crippen molar-refractivity contribution in [1.29, 1.82) is 0 Å². The Hall–Kier alpha value is -2.24. The van der Waals surface area contributed by atoms with Crippen LogP contribution in [0.5, 0.6) is 0 Å². The third-order valence-electron chi connectivity index (χ3n) is 8.75. The Morgan fingerprint density at radius 1 is 1.09 bits per heavy atom. The minimum absolute atomic E-state index is 0.179. The highest BCUT2D eigenvalue weighted by Crippen LogP contribution is 2.54. The highest BCUT2D eigenvalue weighted by Gasteiger charge is 2.60. The summed E-state index contributed by atoms with van der Waals surface area (Å²) in [4.78, 5) is 20.3. The van der Waals surface area contributed by atoms with Crippen molar-refractivity contribution < 1.29 is 9.53 Å². The average Bonchev–Trinajstić information content (AvgIpc) is 3.35. The summed E-state index contributed by atoms with van der Waals surface area (Å²) in [6.45, 7) is 4.81. The summed E-state index contributed by atoms with van der Waals surface area (Å²) in [5.74, 6) is 0.811. The summed E-state index contributed by atoms with van der Waals surface area (Å²) in [7, 11) is 0. The second kappa shape index (κ2) is 7.96. The molecule has 6 rings (SSSR count). The summed E-state index contributed by atoms with van der Waals surface area (Å²) in [6, 6.07) is 12.2. The van der Waals surface area contributed by atoms with E-state index in [1.165, 1.54) is 16.7 Å². The van der Waals surface area contributed by atoms with Crippen LogP contribution in [0.3, 0.4) is 0 Å². The minimum atomic E-state index is -0.179. The van der Waals surface area contributed by atoms with E-state index >= 15 is 0 Å². The maximum Gasteiger partial charge on any atom is 0.229 e. The zero-order valence-corrected chi connectivity index (χ0v) is 18.9. The van der Waals surface area contributed by atoms with Gasteiger partial charge in [-0.1, -0.05) is 25.1 Å². The molecule has 1 aliphatic carbocycles. The fraction of sp³-hybridized carbons (Fsp3) is 0.556. The molecule has 1 amide bonds. The topological polar surface area (TPSA) is 54.5 Å². The van der Waals surface area contributed by atoms with Gasteiger partial charge in [0.25, 0.3) is 0 Å². The van der Waals surface area contributed by atoms with Gasteiger partial charge in [0.05, 0.1) is 5.41 Å². The SMILES string of the molecule is CC1C2Cc3ccc(-c4cccnc4)cc3CN2C(=O)[C@]12CC[C@@H](NC1CCOCC1)C2. The van der Waals surface area contributed by atoms with Crippen LogP contribution in [0.1, 0.15) is 50.2 Å². The van der Waals surface area contributed by atoms with Gasteiger partial charge in [-0.15, -0.1) is 0 Å². The number of nitrogens with one attached hydrogen (secondary N) is 1. The van der Waals surface area contributed by atoms with E-state index < -0.39 is 0 Å². The van der Waals surface area contributed by atoms with Crippen molar-refractivity contribution in [1.82, 2.24) is 15.2 Å². The largest absolute Gasteiger partial charge is 0.381 e. The smallest absolute Gasteiger partial charge is 0.229 e. The number of amides is 1. The molecule has 1 aromatic carbocycles. The number of benzene rings is 1. The van der Waals surface area contributed by atoms with Crippen LogP contribution in [0.15, 0.2) is 42.7 Å². The Bertz CT molecular complexity index is 1000. The lowest BCUT2D eigenvalue weighted by Crippen LogP contribution is -2.42. The second-order valence-electron chi connectivity index (χ2n) is 10.4. The summed E-state index contributed by atoms with van der Waals surface area (Å²) >= 11 is 0. The van der Waals surface area contributed by atoms with Gasteiger partial charge in [-0.3, -0.25) is 9.78 Å². The van der Waals surface area contributed by atoms with Crippen LogP contribution in [-0.4, -0.2) is 47.1 Å². The number of hydrogen-bond donors (Lipinski definition) is 1. The van der Waals surface area contributed by atoms with E-state index in [0.29, 0.717) is 30.0 Å². The first-order valence-corrected chi connectivity index (χ1v) is 12.3. The molecule has 5 heteroatoms. The number of carbonyl (C=O) groups excluding carboxylic acids is 1. The predicted molar refractivity (Wildman–Crippen MR) is 124 cm³/mol. The number of aromatic nitrogens is 1. The Balaban J connectivity index is 1.21. The van der Waals surface area contributed by atoms with Gasteiger partial charge in [-0.05, 0) is 78.8 Å². The third kappa shape index (κ3) is 3.29. The number of hydrogen-bond acceptors (Lipinski definition) is 4. The van der Waals surface area contributed by atoms with Gasteiger partial charge in [0, 0.05) is 50.3 Å². The Labute approximate surface area is 190 Å². The van der Waals surface area contributed by atoms with E-state index in [0.717, 1.165) is 63.8 Å². The van der Waals surface area contributed by atoms with Gasteiger partial charge < -0.3 is 15.0 Å². The monoisotopic (exact) mass is 431 g/mol. The second-order valence-corrected chi connectivity index (χ2v) is 10.4. The van der Waals surface area contributed by atoms with Gasteiger partial charge >= 0.3 is 0 Å². The lowest BCUT2D eigenvalue weighted by molar-refractivity contribution is -0.137. The summed E-state index contributed by atoms with van der Waals surface area (Å²) in [5.41, 5.74) is 4.85. The van der Waals surface area contributed by atoms with Crippen LogP contribution in [0.25, 0.3) is 11.1 Å². The average molecular weight is 432 g/mol. The van der Waals surface area contributed by atoms with Crippen molar-refractivity contribution in [2.45, 2.75) is 70.1 Å². The number of nitrogens with zero attached hydrogens (tertiary/aromatic N) is 2. The molecule has 168 valence electrons. The van der Waals surface area contributed by atoms with Crippen LogP contribution in [0, 0.1) is 11.3 Å². The van der Waals surface area contributed by atoms with E-state index in [1.807, 2.05) is 18.5 Å². The fourth-order valence-electron chi connectivity index (χ4n) is 6.86. The van der Waals surface area contributed by atoms with Crippen molar-refractivity contribution in [2.24, 2.45) is 11.3 Å². The molecule has 0 bridgehead atoms. The molecule has 1 aromatic heterocycles. The van der Waals surface area contributed by atoms with Gasteiger partial charge in [-0.25, -0.2) is 0 Å². The van der Waals surface area contributed by atoms with E-state index in [-0.39, 0.29) is 5.41 Å². The predicted octanol–water partition coefficient (Wildman–Crippen LogP) is 3.96. The van der Waals surface area contributed by atoms with Crippen molar-refractivity contribution >= 4 is 5.91 Å². The molecule has 4 aliphatic rings. The zero-order chi connectivity index (χ0) is 21.7. The highest BCUT2D eigenvalue weighted by molar-refractivity contribution is 5.87. The molecule has 2 unspecified atom stereocenters. The van der Waals surface area contributed by atoms with Crippen LogP contribution in [-0.2, 0) is 22.5 Å². The molecule has 4 atom stereocenters. The van der Waals surface area contributed by atoms with Crippen LogP contribution < -0.4 is 5.32 Å². The zero-order valence-electron chi connectivity index (χ0n) is 18.9. The third-order valence-corrected chi connectivity index (χ3v) is 8.75. The molecular weight excluding hydrogens is 398 g/mol. The normalized spacial score (nSPS) is 32.3. The highest BCUT2D eigenvalue weighted by atomic mass is 16.5. The Kier molecular flexibility index (Phi) is 5.07. The summed E-state index contributed by atoms with van der Waals surface area (Å²) in [5, 5.41) is 3.88. The maximum atomic E-state index is 13.8. The molecule has 3 aliphatic heterocycles. The number of ether oxygens (including phenoxy) is 1. The molecule has 5 nitrogen and oxygen atoms in total. The molecule has 4 heterocycles. The first-order valence-electron chi connectivity index (χ1n) is 12.3. The molecule has 2 saturated heterocycles. The van der Waals surface area contributed by atoms with Gasteiger partial charge in [-0.2, -0.15) is 0 Å². The Morgan fingerprint density at radius 3 is 2.78 bits per heavy atom. The first kappa shape index (κ1) is 20.4. The Morgan fingerprint density at radius 2 is 1.97 bits per heavy atom. The maximum absolute atomic E-state index is 13.8. The lowest BCUT2D eigenvalue weighted by atomic mass is 9.73. The van der Waals surface area contributed by atoms with Crippen LogP contribution in [0.4, 0.5) is 0 Å². The van der Waals surface area contributed by atoms with Crippen molar-refractivity contribution in [3.8, 4) is 11.1 Å². The van der Waals surface area contributed by atoms with Gasteiger partial charge in [0.1, 0.15) is 0 Å². The van der Waals surface area contributed by atoms with Crippen LogP contribution >= 0.6 is 0 Å². The number of carbonyl (C=O) groups is 1. The van der Waals surface area contributed by atoms with Gasteiger partial charge in [0.2, 0.25) is 5.91 Å². The van der Waals surface area contributed by atoms with Crippen LogP contribution in [0.2, 0.25) is 0 Å². The standard InChI is InChI=1S/C27H33N3O2/c1-18-25-14-20-5-4-19(21-3-2-10-28-16-21)13-22(20)17-30(25)26(31)27(18)9-6-24(15-27)29-23-7-11-32-12-8-23/h2-5,10,13,16,18,23-25,29H,6-9,11-12,14-15,17H2,1H3/t18?,24-,25?,27+/m1/s1. The number of fused-ring (bicyclic) bond motifs is 2. The lowest BCUT2D eigenvalue weighted by Gasteiger charge is -2.33. The quantitative estimate of drug-likeness (QED) is 0.799. The number of pyridine rings is 1. The molecular formula is C27H33N3O2. The van der Waals surface area contributed by atoms with Crippen molar-refractivity contribution in [3.63, 3.8) is 0 Å². The van der Waals surface area contributed by atoms with E-state index in [9.17, 15) is 4.79 Å². The summed E-state index contributed by atoms with van der Waals surface area (Å²) < 4.78 is 5.52. The van der Waals surface area contributed by atoms with Crippen molar-refractivity contribution in [3.05, 3.63) is 53.9 Å². The van der Waals surface area contributed by atoms with E-state index in [1.54, 1.807) is 0 Å². The molecule has 3 fully saturated rings. The molecule has 1 N–H and O–H groups in total. The number of rotatable bonds is 3. The van der Waals surface area contributed by atoms with Crippen molar-refractivity contribution in [2.75, 3.05) is 13.2 Å². The van der Waals surface area contributed by atoms with E-state index in [2.05, 4.69) is 46.4 Å². The summed E-state index contributed by atoms with van der Waals surface area (Å²) in [6.07, 6.45) is 10.0. The molecule has 1 saturated carbocycles.